The first-order valence-electron chi connectivity index (χ1n) is 13.6. The second-order valence-corrected chi connectivity index (χ2v) is 13.3. The molecule has 2 N–H and O–H groups in total. The number of esters is 1. The molecule has 8 heteroatoms. The molecular formula is C32H42NO6P. The summed E-state index contributed by atoms with van der Waals surface area (Å²) >= 11 is 0. The van der Waals surface area contributed by atoms with Gasteiger partial charge in [0.15, 0.2) is 6.35 Å². The maximum absolute atomic E-state index is 14.1. The number of phenolic OH excluding ortho intramolecular Hbond substituents is 1. The molecule has 0 aromatic heterocycles. The molecule has 0 aliphatic carbocycles. The zero-order chi connectivity index (χ0) is 29.7. The molecule has 0 spiro atoms. The van der Waals surface area contributed by atoms with Crippen LogP contribution >= 0.6 is 7.52 Å². The van der Waals surface area contributed by atoms with Crippen molar-refractivity contribution in [1.82, 2.24) is 5.09 Å². The highest BCUT2D eigenvalue weighted by molar-refractivity contribution is 7.57. The van der Waals surface area contributed by atoms with Crippen LogP contribution in [0.15, 0.2) is 60.7 Å². The van der Waals surface area contributed by atoms with Crippen molar-refractivity contribution in [2.24, 2.45) is 0 Å². The van der Waals surface area contributed by atoms with E-state index >= 15 is 0 Å². The minimum Gasteiger partial charge on any atom is -0.508 e. The van der Waals surface area contributed by atoms with Gasteiger partial charge in [0.2, 0.25) is 0 Å². The zero-order valence-electron chi connectivity index (χ0n) is 24.8. The minimum atomic E-state index is -3.74. The predicted octanol–water partition coefficient (Wildman–Crippen LogP) is 7.65. The van der Waals surface area contributed by atoms with Gasteiger partial charge in [0.05, 0.1) is 6.10 Å². The number of hydrogen-bond acceptors (Lipinski definition) is 6. The summed E-state index contributed by atoms with van der Waals surface area (Å²) < 4.78 is 31.4. The largest absolute Gasteiger partial charge is 0.508 e. The molecule has 3 rings (SSSR count). The van der Waals surface area contributed by atoms with Crippen LogP contribution in [0.1, 0.15) is 75.3 Å². The van der Waals surface area contributed by atoms with Crippen LogP contribution in [0.25, 0.3) is 0 Å². The highest BCUT2D eigenvalue weighted by Gasteiger charge is 2.40. The van der Waals surface area contributed by atoms with Crippen molar-refractivity contribution in [3.8, 4) is 17.2 Å². The van der Waals surface area contributed by atoms with E-state index in [1.54, 1.807) is 58.0 Å². The molecule has 0 amide bonds. The normalized spacial score (nSPS) is 13.2. The Morgan fingerprint density at radius 2 is 1.57 bits per heavy atom. The molecule has 0 aliphatic rings. The van der Waals surface area contributed by atoms with Crippen molar-refractivity contribution >= 4 is 13.5 Å². The van der Waals surface area contributed by atoms with Crippen LogP contribution in [0.2, 0.25) is 0 Å². The lowest BCUT2D eigenvalue weighted by atomic mass is 9.93. The first-order chi connectivity index (χ1) is 18.7. The maximum atomic E-state index is 14.1. The molecule has 0 aliphatic heterocycles. The number of rotatable bonds is 12. The van der Waals surface area contributed by atoms with Gasteiger partial charge in [-0.25, -0.2) is 5.09 Å². The summed E-state index contributed by atoms with van der Waals surface area (Å²) in [6, 6.07) is 18.4. The van der Waals surface area contributed by atoms with Gasteiger partial charge in [-0.3, -0.25) is 9.36 Å². The zero-order valence-corrected chi connectivity index (χ0v) is 25.7. The highest BCUT2D eigenvalue weighted by atomic mass is 31.2. The Bertz CT molecular complexity index is 1340. The Balaban J connectivity index is 1.83. The molecule has 216 valence electrons. The smallest absolute Gasteiger partial charge is 0.354 e. The van der Waals surface area contributed by atoms with Crippen LogP contribution in [0.4, 0.5) is 0 Å². The second kappa shape index (κ2) is 12.9. The van der Waals surface area contributed by atoms with Crippen LogP contribution < -0.4 is 14.3 Å². The number of aryl methyl sites for hydroxylation is 2. The topological polar surface area (TPSA) is 94.1 Å². The third kappa shape index (κ3) is 8.36. The van der Waals surface area contributed by atoms with Gasteiger partial charge in [0.25, 0.3) is 0 Å². The highest BCUT2D eigenvalue weighted by Crippen LogP contribution is 2.45. The molecular weight excluding hydrogens is 525 g/mol. The average molecular weight is 568 g/mol. The van der Waals surface area contributed by atoms with Gasteiger partial charge in [-0.1, -0.05) is 44.2 Å². The summed E-state index contributed by atoms with van der Waals surface area (Å²) in [5.74, 6) is 0.941. The fourth-order valence-corrected chi connectivity index (χ4v) is 6.31. The number of ether oxygens (including phenoxy) is 2. The molecule has 1 unspecified atom stereocenters. The van der Waals surface area contributed by atoms with Gasteiger partial charge in [0.1, 0.15) is 22.8 Å². The number of phenols is 1. The fraction of sp³-hybridized carbons (Fsp3) is 0.406. The van der Waals surface area contributed by atoms with Crippen LogP contribution in [0.5, 0.6) is 17.2 Å². The SMILES string of the molecule is Cc1cc(OCP(=O)(NC(C)(C)C(=O)OC(C)C)Oc2ccccc2)cc(C)c1Cc1ccc(O)c(C(C)C)c1. The van der Waals surface area contributed by atoms with Gasteiger partial charge in [-0.05, 0) is 112 Å². The van der Waals surface area contributed by atoms with Crippen molar-refractivity contribution in [2.45, 2.75) is 79.4 Å². The lowest BCUT2D eigenvalue weighted by molar-refractivity contribution is -0.153. The van der Waals surface area contributed by atoms with E-state index < -0.39 is 19.0 Å². The maximum Gasteiger partial charge on any atom is 0.354 e. The summed E-state index contributed by atoms with van der Waals surface area (Å²) in [5, 5.41) is 13.1. The Kier molecular flexibility index (Phi) is 10.1. The van der Waals surface area contributed by atoms with Crippen LogP contribution in [0, 0.1) is 13.8 Å². The number of aromatic hydroxyl groups is 1. The third-order valence-corrected chi connectivity index (χ3v) is 8.34. The van der Waals surface area contributed by atoms with Gasteiger partial charge in [-0.15, -0.1) is 0 Å². The molecule has 3 aromatic rings. The number of hydrogen-bond donors (Lipinski definition) is 2. The molecule has 0 radical (unpaired) electrons. The Morgan fingerprint density at radius 1 is 0.950 bits per heavy atom. The number of carbonyl (C=O) groups excluding carboxylic acids is 1. The molecule has 7 nitrogen and oxygen atoms in total. The van der Waals surface area contributed by atoms with E-state index in [-0.39, 0.29) is 18.4 Å². The summed E-state index contributed by atoms with van der Waals surface area (Å²) in [5.41, 5.74) is 3.97. The Hall–Kier alpha value is -3.28. The van der Waals surface area contributed by atoms with Crippen molar-refractivity contribution in [3.05, 3.63) is 88.5 Å². The average Bonchev–Trinajstić information content (AvgIpc) is 2.85. The molecule has 3 aromatic carbocycles. The molecule has 0 bridgehead atoms. The number of para-hydroxylation sites is 1. The fourth-order valence-electron chi connectivity index (χ4n) is 4.42. The number of benzene rings is 3. The minimum absolute atomic E-state index is 0.220. The summed E-state index contributed by atoms with van der Waals surface area (Å²) in [6.07, 6.45) is 0.0948. The monoisotopic (exact) mass is 567 g/mol. The first kappa shape index (κ1) is 31.3. The van der Waals surface area contributed by atoms with Crippen molar-refractivity contribution in [3.63, 3.8) is 0 Å². The lowest BCUT2D eigenvalue weighted by Crippen LogP contribution is -2.48. The molecule has 0 saturated heterocycles. The number of carbonyl (C=O) groups is 1. The van der Waals surface area contributed by atoms with Gasteiger partial charge >= 0.3 is 13.5 Å². The Labute approximate surface area is 238 Å². The van der Waals surface area contributed by atoms with Crippen LogP contribution in [0.3, 0.4) is 0 Å². The second-order valence-electron chi connectivity index (χ2n) is 11.3. The van der Waals surface area contributed by atoms with Crippen LogP contribution in [-0.4, -0.2) is 29.1 Å². The summed E-state index contributed by atoms with van der Waals surface area (Å²) in [6.45, 7) is 14.9. The summed E-state index contributed by atoms with van der Waals surface area (Å²) in [7, 11) is -3.74. The molecule has 0 heterocycles. The first-order valence-corrected chi connectivity index (χ1v) is 15.4. The number of nitrogens with one attached hydrogen (secondary N) is 1. The molecule has 0 saturated carbocycles. The van der Waals surface area contributed by atoms with Crippen molar-refractivity contribution < 1.29 is 28.5 Å². The van der Waals surface area contributed by atoms with Gasteiger partial charge < -0.3 is 19.1 Å². The van der Waals surface area contributed by atoms with Crippen molar-refractivity contribution in [2.75, 3.05) is 6.35 Å². The molecule has 1 atom stereocenters. The van der Waals surface area contributed by atoms with E-state index in [0.717, 1.165) is 27.8 Å². The standard InChI is InChI=1S/C32H42NO6P/c1-21(2)28-18-25(14-15-30(28)34)19-29-23(5)16-27(17-24(29)6)37-20-40(36,39-26-12-10-9-11-13-26)33-32(7,8)31(35)38-22(3)4/h9-18,21-22,34H,19-20H2,1-8H3,(H,33,36). The quantitative estimate of drug-likeness (QED) is 0.171. The van der Waals surface area contributed by atoms with E-state index in [1.165, 1.54) is 0 Å². The summed E-state index contributed by atoms with van der Waals surface area (Å²) in [4.78, 5) is 12.7. The van der Waals surface area contributed by atoms with E-state index in [2.05, 4.69) is 25.0 Å². The van der Waals surface area contributed by atoms with E-state index in [0.29, 0.717) is 23.7 Å². The predicted molar refractivity (Wildman–Crippen MR) is 160 cm³/mol. The lowest BCUT2D eigenvalue weighted by Gasteiger charge is -2.30. The van der Waals surface area contributed by atoms with Crippen LogP contribution in [-0.2, 0) is 20.5 Å². The van der Waals surface area contributed by atoms with Crippen molar-refractivity contribution in [1.29, 1.82) is 0 Å². The van der Waals surface area contributed by atoms with E-state index in [4.69, 9.17) is 14.0 Å². The molecule has 0 fully saturated rings. The van der Waals surface area contributed by atoms with E-state index in [1.807, 2.05) is 38.1 Å². The van der Waals surface area contributed by atoms with Gasteiger partial charge in [0, 0.05) is 0 Å². The van der Waals surface area contributed by atoms with Gasteiger partial charge in [-0.2, -0.15) is 0 Å². The van der Waals surface area contributed by atoms with E-state index in [9.17, 15) is 14.5 Å². The third-order valence-electron chi connectivity index (χ3n) is 6.46. The molecule has 40 heavy (non-hydrogen) atoms. The Morgan fingerprint density at radius 3 is 2.15 bits per heavy atom.